The third-order valence-corrected chi connectivity index (χ3v) is 4.72. The highest BCUT2D eigenvalue weighted by molar-refractivity contribution is 5.44. The number of para-hydroxylation sites is 1. The molecule has 0 aromatic heterocycles. The minimum atomic E-state index is 0.375. The lowest BCUT2D eigenvalue weighted by Gasteiger charge is -2.25. The molecule has 0 radical (unpaired) electrons. The van der Waals surface area contributed by atoms with Gasteiger partial charge < -0.3 is 10.1 Å². The molecule has 2 rings (SSSR count). The van der Waals surface area contributed by atoms with Crippen LogP contribution in [0.3, 0.4) is 0 Å². The highest BCUT2D eigenvalue weighted by Crippen LogP contribution is 2.22. The van der Waals surface area contributed by atoms with Crippen LogP contribution in [0.15, 0.2) is 42.5 Å². The molecule has 136 valence electrons. The first kappa shape index (κ1) is 19.3. The van der Waals surface area contributed by atoms with Crippen LogP contribution < -0.4 is 10.1 Å². The Hall–Kier alpha value is -2.00. The molecule has 0 saturated carbocycles. The van der Waals surface area contributed by atoms with E-state index in [0.29, 0.717) is 12.6 Å². The van der Waals surface area contributed by atoms with E-state index in [4.69, 9.17) is 4.74 Å². The molecule has 0 spiro atoms. The second-order valence-corrected chi connectivity index (χ2v) is 6.84. The maximum absolute atomic E-state index is 6.10. The minimum absolute atomic E-state index is 0.375. The molecule has 0 aliphatic heterocycles. The van der Waals surface area contributed by atoms with Crippen LogP contribution in [0.4, 0.5) is 5.69 Å². The minimum Gasteiger partial charge on any atom is -0.491 e. The van der Waals surface area contributed by atoms with Gasteiger partial charge in [0.05, 0.1) is 0 Å². The van der Waals surface area contributed by atoms with Crippen LogP contribution in [-0.4, -0.2) is 37.7 Å². The monoisotopic (exact) mass is 340 g/mol. The third-order valence-electron chi connectivity index (χ3n) is 4.72. The number of nitrogens with zero attached hydrogens (tertiary/aromatic N) is 1. The van der Waals surface area contributed by atoms with Crippen LogP contribution in [-0.2, 0) is 6.42 Å². The van der Waals surface area contributed by atoms with Gasteiger partial charge in [-0.25, -0.2) is 0 Å². The summed E-state index contributed by atoms with van der Waals surface area (Å²) in [6, 6.07) is 15.4. The SMILES string of the molecule is CCNc1ccc(CCN(C)C(C)COc2c(C)cccc2C)cc1. The van der Waals surface area contributed by atoms with E-state index in [1.54, 1.807) is 0 Å². The number of nitrogens with one attached hydrogen (secondary N) is 1. The summed E-state index contributed by atoms with van der Waals surface area (Å²) in [5.41, 5.74) is 4.97. The average molecular weight is 341 g/mol. The third kappa shape index (κ3) is 5.79. The van der Waals surface area contributed by atoms with E-state index in [1.807, 2.05) is 0 Å². The van der Waals surface area contributed by atoms with Crippen LogP contribution >= 0.6 is 0 Å². The van der Waals surface area contributed by atoms with Crippen molar-refractivity contribution in [3.63, 3.8) is 0 Å². The summed E-state index contributed by atoms with van der Waals surface area (Å²) in [7, 11) is 2.17. The first-order valence-corrected chi connectivity index (χ1v) is 9.23. The maximum atomic E-state index is 6.10. The molecule has 0 saturated heterocycles. The molecular weight excluding hydrogens is 308 g/mol. The number of aryl methyl sites for hydroxylation is 2. The van der Waals surface area contributed by atoms with Gasteiger partial charge in [0, 0.05) is 24.8 Å². The number of rotatable bonds is 9. The zero-order valence-electron chi connectivity index (χ0n) is 16.3. The van der Waals surface area contributed by atoms with Crippen molar-refractivity contribution < 1.29 is 4.74 Å². The van der Waals surface area contributed by atoms with E-state index in [-0.39, 0.29) is 0 Å². The van der Waals surface area contributed by atoms with Gasteiger partial charge in [-0.15, -0.1) is 0 Å². The molecule has 0 bridgehead atoms. The van der Waals surface area contributed by atoms with E-state index < -0.39 is 0 Å². The van der Waals surface area contributed by atoms with Crippen molar-refractivity contribution in [1.82, 2.24) is 4.90 Å². The van der Waals surface area contributed by atoms with E-state index >= 15 is 0 Å². The zero-order chi connectivity index (χ0) is 18.2. The summed E-state index contributed by atoms with van der Waals surface area (Å²) in [5, 5.41) is 3.33. The number of ether oxygens (including phenoxy) is 1. The molecule has 0 amide bonds. The average Bonchev–Trinajstić information content (AvgIpc) is 2.60. The Balaban J connectivity index is 1.80. The predicted octanol–water partition coefficient (Wildman–Crippen LogP) is 4.68. The molecular formula is C22H32N2O. The Bertz CT molecular complexity index is 631. The van der Waals surface area contributed by atoms with Gasteiger partial charge in [-0.3, -0.25) is 4.90 Å². The summed E-state index contributed by atoms with van der Waals surface area (Å²) in [6.45, 7) is 11.2. The standard InChI is InChI=1S/C22H32N2O/c1-6-23-21-12-10-20(11-13-21)14-15-24(5)19(4)16-25-22-17(2)8-7-9-18(22)3/h7-13,19,23H,6,14-16H2,1-5H3. The van der Waals surface area contributed by atoms with Crippen molar-refractivity contribution in [1.29, 1.82) is 0 Å². The van der Waals surface area contributed by atoms with Gasteiger partial charge in [-0.2, -0.15) is 0 Å². The largest absolute Gasteiger partial charge is 0.491 e. The van der Waals surface area contributed by atoms with Crippen molar-refractivity contribution in [3.8, 4) is 5.75 Å². The highest BCUT2D eigenvalue weighted by Gasteiger charge is 2.12. The maximum Gasteiger partial charge on any atom is 0.125 e. The normalized spacial score (nSPS) is 12.2. The zero-order valence-corrected chi connectivity index (χ0v) is 16.3. The molecule has 0 aliphatic rings. The lowest BCUT2D eigenvalue weighted by Crippen LogP contribution is -2.35. The van der Waals surface area contributed by atoms with Gasteiger partial charge in [-0.1, -0.05) is 30.3 Å². The molecule has 1 unspecified atom stereocenters. The summed E-state index contributed by atoms with van der Waals surface area (Å²) in [5.74, 6) is 1.03. The Morgan fingerprint density at radius 3 is 2.28 bits per heavy atom. The van der Waals surface area contributed by atoms with E-state index in [0.717, 1.165) is 25.3 Å². The van der Waals surface area contributed by atoms with Crippen LogP contribution in [0.5, 0.6) is 5.75 Å². The van der Waals surface area contributed by atoms with Crippen LogP contribution in [0.2, 0.25) is 0 Å². The number of anilines is 1. The second-order valence-electron chi connectivity index (χ2n) is 6.84. The Labute approximate surface area is 153 Å². The Morgan fingerprint density at radius 1 is 1.04 bits per heavy atom. The molecule has 3 nitrogen and oxygen atoms in total. The fourth-order valence-electron chi connectivity index (χ4n) is 2.88. The van der Waals surface area contributed by atoms with Crippen molar-refractivity contribution in [3.05, 3.63) is 59.2 Å². The Kier molecular flexibility index (Phi) is 7.32. The van der Waals surface area contributed by atoms with Gasteiger partial charge >= 0.3 is 0 Å². The Morgan fingerprint density at radius 2 is 1.68 bits per heavy atom. The summed E-state index contributed by atoms with van der Waals surface area (Å²) < 4.78 is 6.10. The van der Waals surface area contributed by atoms with Gasteiger partial charge in [0.15, 0.2) is 0 Å². The van der Waals surface area contributed by atoms with Crippen LogP contribution in [0.25, 0.3) is 0 Å². The molecule has 25 heavy (non-hydrogen) atoms. The van der Waals surface area contributed by atoms with Crippen LogP contribution in [0, 0.1) is 13.8 Å². The molecule has 0 aliphatic carbocycles. The summed E-state index contributed by atoms with van der Waals surface area (Å²) in [4.78, 5) is 2.37. The summed E-state index contributed by atoms with van der Waals surface area (Å²) >= 11 is 0. The molecule has 2 aromatic carbocycles. The van der Waals surface area contributed by atoms with Crippen molar-refractivity contribution in [2.75, 3.05) is 32.1 Å². The van der Waals surface area contributed by atoms with Crippen LogP contribution in [0.1, 0.15) is 30.5 Å². The molecule has 1 atom stereocenters. The van der Waals surface area contributed by atoms with Gasteiger partial charge in [-0.05, 0) is 70.0 Å². The van der Waals surface area contributed by atoms with Gasteiger partial charge in [0.2, 0.25) is 0 Å². The second kappa shape index (κ2) is 9.47. The smallest absolute Gasteiger partial charge is 0.125 e. The number of benzene rings is 2. The fraction of sp³-hybridized carbons (Fsp3) is 0.455. The van der Waals surface area contributed by atoms with Gasteiger partial charge in [0.1, 0.15) is 12.4 Å². The predicted molar refractivity (Wildman–Crippen MR) is 108 cm³/mol. The number of hydrogen-bond acceptors (Lipinski definition) is 3. The topological polar surface area (TPSA) is 24.5 Å². The quantitative estimate of drug-likeness (QED) is 0.717. The lowest BCUT2D eigenvalue weighted by molar-refractivity contribution is 0.173. The number of hydrogen-bond donors (Lipinski definition) is 1. The molecule has 0 heterocycles. The lowest BCUT2D eigenvalue weighted by atomic mass is 10.1. The van der Waals surface area contributed by atoms with Crippen molar-refractivity contribution in [2.24, 2.45) is 0 Å². The molecule has 1 N–H and O–H groups in total. The highest BCUT2D eigenvalue weighted by atomic mass is 16.5. The number of likely N-dealkylation sites (N-methyl/N-ethyl adjacent to an activating group) is 1. The van der Waals surface area contributed by atoms with E-state index in [2.05, 4.69) is 87.4 Å². The van der Waals surface area contributed by atoms with Crippen molar-refractivity contribution >= 4 is 5.69 Å². The molecule has 3 heteroatoms. The first-order valence-electron chi connectivity index (χ1n) is 9.23. The van der Waals surface area contributed by atoms with E-state index in [9.17, 15) is 0 Å². The first-order chi connectivity index (χ1) is 12.0. The molecule has 0 fully saturated rings. The summed E-state index contributed by atoms with van der Waals surface area (Å²) in [6.07, 6.45) is 1.05. The van der Waals surface area contributed by atoms with Gasteiger partial charge in [0.25, 0.3) is 0 Å². The fourth-order valence-corrected chi connectivity index (χ4v) is 2.88. The molecule has 2 aromatic rings. The van der Waals surface area contributed by atoms with E-state index in [1.165, 1.54) is 22.4 Å². The van der Waals surface area contributed by atoms with Crippen molar-refractivity contribution in [2.45, 2.75) is 40.2 Å².